The van der Waals surface area contributed by atoms with E-state index in [-0.39, 0.29) is 5.75 Å². The maximum Gasteiger partial charge on any atom is 0.387 e. The summed E-state index contributed by atoms with van der Waals surface area (Å²) in [6.07, 6.45) is 0. The lowest BCUT2D eigenvalue weighted by Crippen LogP contribution is -2.25. The molecule has 0 fully saturated rings. The molecule has 0 aliphatic carbocycles. The van der Waals surface area contributed by atoms with Crippen molar-refractivity contribution >= 4 is 0 Å². The van der Waals surface area contributed by atoms with Crippen molar-refractivity contribution < 1.29 is 13.5 Å². The lowest BCUT2D eigenvalue weighted by atomic mass is 10.1. The normalized spacial score (nSPS) is 11.5. The van der Waals surface area contributed by atoms with Crippen LogP contribution < -0.4 is 10.1 Å². The Balaban J connectivity index is 1.83. The SMILES string of the molecule is CC(C)N(C)Cc1cccc(CNCc2ccc(OC(F)F)cc2)c1. The fourth-order valence-corrected chi connectivity index (χ4v) is 2.45. The first-order valence-corrected chi connectivity index (χ1v) is 8.46. The number of alkyl halides is 2. The molecule has 2 rings (SSSR count). The van der Waals surface area contributed by atoms with E-state index in [1.54, 1.807) is 24.3 Å². The van der Waals surface area contributed by atoms with Crippen LogP contribution in [0.4, 0.5) is 8.78 Å². The Labute approximate surface area is 148 Å². The van der Waals surface area contributed by atoms with Crippen molar-refractivity contribution in [3.8, 4) is 5.75 Å². The van der Waals surface area contributed by atoms with Crippen LogP contribution in [0.5, 0.6) is 5.75 Å². The number of nitrogens with one attached hydrogen (secondary N) is 1. The van der Waals surface area contributed by atoms with Gasteiger partial charge < -0.3 is 10.1 Å². The van der Waals surface area contributed by atoms with Gasteiger partial charge in [-0.2, -0.15) is 8.78 Å². The lowest BCUT2D eigenvalue weighted by Gasteiger charge is -2.21. The molecule has 0 aromatic heterocycles. The van der Waals surface area contributed by atoms with Crippen molar-refractivity contribution in [2.75, 3.05) is 7.05 Å². The van der Waals surface area contributed by atoms with E-state index >= 15 is 0 Å². The zero-order chi connectivity index (χ0) is 18.2. The van der Waals surface area contributed by atoms with Crippen LogP contribution in [0.2, 0.25) is 0 Å². The summed E-state index contributed by atoms with van der Waals surface area (Å²) in [5.41, 5.74) is 3.55. The molecule has 0 saturated heterocycles. The summed E-state index contributed by atoms with van der Waals surface area (Å²) in [7, 11) is 2.12. The first-order valence-electron chi connectivity index (χ1n) is 8.46. The fraction of sp³-hybridized carbons (Fsp3) is 0.400. The number of nitrogens with zero attached hydrogens (tertiary/aromatic N) is 1. The Hall–Kier alpha value is -1.98. The van der Waals surface area contributed by atoms with Crippen LogP contribution in [0, 0.1) is 0 Å². The van der Waals surface area contributed by atoms with E-state index in [1.807, 2.05) is 0 Å². The Morgan fingerprint density at radius 3 is 2.24 bits per heavy atom. The van der Waals surface area contributed by atoms with Crippen LogP contribution in [-0.2, 0) is 19.6 Å². The molecule has 0 bridgehead atoms. The summed E-state index contributed by atoms with van der Waals surface area (Å²) in [6.45, 7) is 3.94. The van der Waals surface area contributed by atoms with E-state index in [4.69, 9.17) is 0 Å². The molecule has 0 amide bonds. The zero-order valence-electron chi connectivity index (χ0n) is 15.0. The van der Waals surface area contributed by atoms with E-state index < -0.39 is 6.61 Å². The Kier molecular flexibility index (Phi) is 7.34. The van der Waals surface area contributed by atoms with E-state index in [2.05, 4.69) is 60.1 Å². The molecule has 0 heterocycles. The van der Waals surface area contributed by atoms with E-state index in [0.29, 0.717) is 12.6 Å². The summed E-state index contributed by atoms with van der Waals surface area (Å²) in [5.74, 6) is 0.181. The number of ether oxygens (including phenoxy) is 1. The van der Waals surface area contributed by atoms with Crippen LogP contribution in [0.15, 0.2) is 48.5 Å². The van der Waals surface area contributed by atoms with Crippen LogP contribution >= 0.6 is 0 Å². The lowest BCUT2D eigenvalue weighted by molar-refractivity contribution is -0.0498. The molecular weight excluding hydrogens is 322 g/mol. The molecule has 0 aliphatic heterocycles. The molecule has 0 aliphatic rings. The van der Waals surface area contributed by atoms with Crippen LogP contribution in [0.25, 0.3) is 0 Å². The van der Waals surface area contributed by atoms with Gasteiger partial charge in [0.1, 0.15) is 5.75 Å². The van der Waals surface area contributed by atoms with Gasteiger partial charge in [0.05, 0.1) is 0 Å². The summed E-state index contributed by atoms with van der Waals surface area (Å²) in [6, 6.07) is 15.8. The highest BCUT2D eigenvalue weighted by Crippen LogP contribution is 2.15. The van der Waals surface area contributed by atoms with Crippen molar-refractivity contribution in [3.63, 3.8) is 0 Å². The molecule has 0 saturated carbocycles. The van der Waals surface area contributed by atoms with Gasteiger partial charge in [0.15, 0.2) is 0 Å². The first kappa shape index (κ1) is 19.3. The van der Waals surface area contributed by atoms with Gasteiger partial charge in [-0.15, -0.1) is 0 Å². The second-order valence-corrected chi connectivity index (χ2v) is 6.45. The predicted molar refractivity (Wildman–Crippen MR) is 96.7 cm³/mol. The third kappa shape index (κ3) is 6.80. The molecule has 0 spiro atoms. The van der Waals surface area contributed by atoms with Crippen LogP contribution in [0.1, 0.15) is 30.5 Å². The number of hydrogen-bond donors (Lipinski definition) is 1. The molecule has 1 N–H and O–H groups in total. The molecule has 25 heavy (non-hydrogen) atoms. The highest BCUT2D eigenvalue weighted by atomic mass is 19.3. The smallest absolute Gasteiger partial charge is 0.387 e. The van der Waals surface area contributed by atoms with E-state index in [0.717, 1.165) is 18.7 Å². The van der Waals surface area contributed by atoms with Crippen molar-refractivity contribution in [2.45, 2.75) is 46.1 Å². The average molecular weight is 348 g/mol. The Morgan fingerprint density at radius 2 is 1.60 bits per heavy atom. The molecule has 136 valence electrons. The maximum absolute atomic E-state index is 12.1. The van der Waals surface area contributed by atoms with Crippen molar-refractivity contribution in [3.05, 3.63) is 65.2 Å². The monoisotopic (exact) mass is 348 g/mol. The molecule has 0 unspecified atom stereocenters. The minimum atomic E-state index is -2.79. The topological polar surface area (TPSA) is 24.5 Å². The molecule has 0 atom stereocenters. The Morgan fingerprint density at radius 1 is 0.960 bits per heavy atom. The second kappa shape index (κ2) is 9.49. The number of halogens is 2. The van der Waals surface area contributed by atoms with Gasteiger partial charge in [-0.05, 0) is 49.7 Å². The predicted octanol–water partition coefficient (Wildman–Crippen LogP) is 4.42. The number of rotatable bonds is 9. The fourth-order valence-electron chi connectivity index (χ4n) is 2.45. The van der Waals surface area contributed by atoms with Gasteiger partial charge in [0.25, 0.3) is 0 Å². The van der Waals surface area contributed by atoms with E-state index in [9.17, 15) is 8.78 Å². The highest BCUT2D eigenvalue weighted by molar-refractivity contribution is 5.27. The molecule has 0 radical (unpaired) electrons. The third-order valence-electron chi connectivity index (χ3n) is 4.11. The van der Waals surface area contributed by atoms with Gasteiger partial charge in [-0.3, -0.25) is 4.90 Å². The van der Waals surface area contributed by atoms with Crippen molar-refractivity contribution in [1.82, 2.24) is 10.2 Å². The van der Waals surface area contributed by atoms with Gasteiger partial charge in [-0.25, -0.2) is 0 Å². The summed E-state index contributed by atoms with van der Waals surface area (Å²) in [4.78, 5) is 2.30. The van der Waals surface area contributed by atoms with Gasteiger partial charge in [0.2, 0.25) is 0 Å². The van der Waals surface area contributed by atoms with Crippen molar-refractivity contribution in [2.24, 2.45) is 0 Å². The maximum atomic E-state index is 12.1. The van der Waals surface area contributed by atoms with Gasteiger partial charge in [0, 0.05) is 25.7 Å². The standard InChI is InChI=1S/C20H26F2N2O/c1-15(2)24(3)14-18-6-4-5-17(11-18)13-23-12-16-7-9-19(10-8-16)25-20(21)22/h4-11,15,20,23H,12-14H2,1-3H3. The largest absolute Gasteiger partial charge is 0.435 e. The first-order chi connectivity index (χ1) is 11.9. The molecule has 3 nitrogen and oxygen atoms in total. The van der Waals surface area contributed by atoms with Gasteiger partial charge >= 0.3 is 6.61 Å². The van der Waals surface area contributed by atoms with Crippen LogP contribution in [-0.4, -0.2) is 24.6 Å². The summed E-state index contributed by atoms with van der Waals surface area (Å²) < 4.78 is 28.6. The molecular formula is C20H26F2N2O. The third-order valence-corrected chi connectivity index (χ3v) is 4.11. The average Bonchev–Trinajstić information content (AvgIpc) is 2.56. The summed E-state index contributed by atoms with van der Waals surface area (Å²) >= 11 is 0. The zero-order valence-corrected chi connectivity index (χ0v) is 15.0. The Bertz CT molecular complexity index is 644. The minimum Gasteiger partial charge on any atom is -0.435 e. The van der Waals surface area contributed by atoms with Gasteiger partial charge in [-0.1, -0.05) is 36.4 Å². The quantitative estimate of drug-likeness (QED) is 0.726. The second-order valence-electron chi connectivity index (χ2n) is 6.45. The number of hydrogen-bond acceptors (Lipinski definition) is 3. The number of benzene rings is 2. The molecule has 5 heteroatoms. The highest BCUT2D eigenvalue weighted by Gasteiger charge is 2.05. The summed E-state index contributed by atoms with van der Waals surface area (Å²) in [5, 5.41) is 3.38. The molecule has 2 aromatic rings. The van der Waals surface area contributed by atoms with Crippen LogP contribution in [0.3, 0.4) is 0 Å². The van der Waals surface area contributed by atoms with E-state index in [1.165, 1.54) is 11.1 Å². The molecule has 2 aromatic carbocycles. The minimum absolute atomic E-state index is 0.181. The van der Waals surface area contributed by atoms with Crippen molar-refractivity contribution in [1.29, 1.82) is 0 Å².